The Hall–Kier alpha value is -2.76. The smallest absolute Gasteiger partial charge is 0.332 e. The summed E-state index contributed by atoms with van der Waals surface area (Å²) >= 11 is 0. The molecule has 21 heavy (non-hydrogen) atoms. The molecule has 6 nitrogen and oxygen atoms in total. The minimum Gasteiger partial charge on any atom is -0.332 e. The third-order valence-electron chi connectivity index (χ3n) is 3.44. The molecule has 0 bridgehead atoms. The average Bonchev–Trinajstić information content (AvgIpc) is 2.47. The number of aryl methyl sites for hydroxylation is 2. The summed E-state index contributed by atoms with van der Waals surface area (Å²) in [6, 6.07) is 7.86. The van der Waals surface area contributed by atoms with Crippen LogP contribution in [0.1, 0.15) is 5.56 Å². The minimum atomic E-state index is -0.576. The number of hydrogen-bond donors (Lipinski definition) is 0. The molecule has 2 aliphatic rings. The van der Waals surface area contributed by atoms with Crippen LogP contribution in [-0.4, -0.2) is 19.1 Å². The van der Waals surface area contributed by atoms with Gasteiger partial charge in [-0.25, -0.2) is 9.78 Å². The topological polar surface area (TPSA) is 69.8 Å². The van der Waals surface area contributed by atoms with Gasteiger partial charge in [-0.3, -0.25) is 9.36 Å². The van der Waals surface area contributed by atoms with Gasteiger partial charge in [-0.15, -0.1) is 0 Å². The fourth-order valence-electron chi connectivity index (χ4n) is 2.16. The van der Waals surface area contributed by atoms with Crippen LogP contribution >= 0.6 is 0 Å². The molecule has 0 aliphatic carbocycles. The first-order chi connectivity index (χ1) is 9.97. The monoisotopic (exact) mass is 282 g/mol. The average molecular weight is 282 g/mol. The summed E-state index contributed by atoms with van der Waals surface area (Å²) in [4.78, 5) is 32.1. The normalized spacial score (nSPS) is 11.0. The molecule has 0 fully saturated rings. The summed E-state index contributed by atoms with van der Waals surface area (Å²) in [6.07, 6.45) is 1.76. The summed E-state index contributed by atoms with van der Waals surface area (Å²) in [5.74, 6) is 0.291. The van der Waals surface area contributed by atoms with Gasteiger partial charge in [-0.05, 0) is 6.92 Å². The van der Waals surface area contributed by atoms with Gasteiger partial charge in [0.2, 0.25) is 0 Å². The Bertz CT molecular complexity index is 907. The van der Waals surface area contributed by atoms with Crippen LogP contribution < -0.4 is 11.2 Å². The van der Waals surface area contributed by atoms with Crippen LogP contribution in [0.5, 0.6) is 0 Å². The third-order valence-corrected chi connectivity index (χ3v) is 3.44. The van der Waals surface area contributed by atoms with Gasteiger partial charge >= 0.3 is 5.69 Å². The van der Waals surface area contributed by atoms with Crippen molar-refractivity contribution in [3.8, 4) is 22.8 Å². The fraction of sp³-hybridized carbons (Fsp3) is 0.200. The maximum absolute atomic E-state index is 12.2. The van der Waals surface area contributed by atoms with Gasteiger partial charge in [0.15, 0.2) is 11.5 Å². The highest BCUT2D eigenvalue weighted by atomic mass is 16.2. The van der Waals surface area contributed by atoms with E-state index in [1.807, 2.05) is 31.2 Å². The number of hydrogen-bond acceptors (Lipinski definition) is 4. The van der Waals surface area contributed by atoms with E-state index in [0.29, 0.717) is 11.5 Å². The number of benzene rings is 1. The zero-order valence-corrected chi connectivity index (χ0v) is 12.0. The van der Waals surface area contributed by atoms with Crippen molar-refractivity contribution in [2.45, 2.75) is 6.92 Å². The highest BCUT2D eigenvalue weighted by molar-refractivity contribution is 5.63. The molecule has 0 radical (unpaired) electrons. The summed E-state index contributed by atoms with van der Waals surface area (Å²) < 4.78 is 2.62. The minimum absolute atomic E-state index is 0.192. The Morgan fingerprint density at radius 3 is 2.33 bits per heavy atom. The summed E-state index contributed by atoms with van der Waals surface area (Å²) in [6.45, 7) is 2.01. The molecule has 2 aliphatic heterocycles. The van der Waals surface area contributed by atoms with Crippen LogP contribution in [0.4, 0.5) is 0 Å². The zero-order chi connectivity index (χ0) is 15.1. The van der Waals surface area contributed by atoms with Crippen molar-refractivity contribution in [1.82, 2.24) is 19.1 Å². The summed E-state index contributed by atoms with van der Waals surface area (Å²) in [7, 11) is 3.14. The van der Waals surface area contributed by atoms with Crippen molar-refractivity contribution in [3.05, 3.63) is 56.9 Å². The van der Waals surface area contributed by atoms with Crippen molar-refractivity contribution < 1.29 is 0 Å². The highest BCUT2D eigenvalue weighted by Gasteiger charge is 2.17. The Balaban J connectivity index is 2.33. The van der Waals surface area contributed by atoms with Gasteiger partial charge in [0, 0.05) is 25.9 Å². The van der Waals surface area contributed by atoms with Gasteiger partial charge in [0.05, 0.1) is 5.69 Å². The molecule has 0 spiro atoms. The largest absolute Gasteiger partial charge is 0.352 e. The molecular weight excluding hydrogens is 268 g/mol. The molecule has 0 amide bonds. The Labute approximate surface area is 120 Å². The maximum atomic E-state index is 12.2. The van der Waals surface area contributed by atoms with E-state index in [-0.39, 0.29) is 5.69 Å². The molecule has 1 aromatic rings. The molecule has 0 saturated carbocycles. The molecule has 0 aromatic heterocycles. The molecule has 2 heterocycles. The second-order valence-corrected chi connectivity index (χ2v) is 5.03. The molecule has 1 aromatic carbocycles. The van der Waals surface area contributed by atoms with Crippen LogP contribution in [0.3, 0.4) is 0 Å². The van der Waals surface area contributed by atoms with Crippen molar-refractivity contribution >= 4 is 0 Å². The molecule has 6 heteroatoms. The molecular formula is C15H14N4O2. The van der Waals surface area contributed by atoms with Gasteiger partial charge in [-0.1, -0.05) is 29.8 Å². The van der Waals surface area contributed by atoms with E-state index in [4.69, 9.17) is 0 Å². The SMILES string of the molecule is Cc1ccc(-c2cn(C)c3nc(=O)n(C)c(=O)c-3n2)cc1. The lowest BCUT2D eigenvalue weighted by Gasteiger charge is -2.12. The van der Waals surface area contributed by atoms with Crippen LogP contribution in [0, 0.1) is 6.92 Å². The van der Waals surface area contributed by atoms with Crippen molar-refractivity contribution in [2.75, 3.05) is 0 Å². The second-order valence-electron chi connectivity index (χ2n) is 5.03. The third kappa shape index (κ3) is 2.14. The predicted octanol–water partition coefficient (Wildman–Crippen LogP) is 0.954. The van der Waals surface area contributed by atoms with Gasteiger partial charge in [-0.2, -0.15) is 4.98 Å². The first kappa shape index (κ1) is 13.2. The van der Waals surface area contributed by atoms with Crippen molar-refractivity contribution in [2.24, 2.45) is 14.1 Å². The van der Waals surface area contributed by atoms with Crippen LogP contribution in [0.2, 0.25) is 0 Å². The van der Waals surface area contributed by atoms with Gasteiger partial charge < -0.3 is 4.57 Å². The van der Waals surface area contributed by atoms with Crippen molar-refractivity contribution in [3.63, 3.8) is 0 Å². The maximum Gasteiger partial charge on any atom is 0.352 e. The van der Waals surface area contributed by atoms with E-state index >= 15 is 0 Å². The van der Waals surface area contributed by atoms with E-state index in [1.54, 1.807) is 17.8 Å². The zero-order valence-electron chi connectivity index (χ0n) is 12.0. The molecule has 0 saturated heterocycles. The number of fused-ring (bicyclic) bond motifs is 1. The van der Waals surface area contributed by atoms with Crippen molar-refractivity contribution in [1.29, 1.82) is 0 Å². The molecule has 0 N–H and O–H groups in total. The molecule has 3 rings (SSSR count). The first-order valence-electron chi connectivity index (χ1n) is 6.49. The van der Waals surface area contributed by atoms with E-state index < -0.39 is 11.2 Å². The van der Waals surface area contributed by atoms with E-state index in [2.05, 4.69) is 9.97 Å². The molecule has 106 valence electrons. The lowest BCUT2D eigenvalue weighted by Crippen LogP contribution is -2.36. The lowest BCUT2D eigenvalue weighted by molar-refractivity contribution is 0.739. The van der Waals surface area contributed by atoms with Gasteiger partial charge in [0.1, 0.15) is 0 Å². The number of nitrogens with zero attached hydrogens (tertiary/aromatic N) is 4. The number of aromatic nitrogens is 4. The van der Waals surface area contributed by atoms with E-state index in [1.165, 1.54) is 7.05 Å². The van der Waals surface area contributed by atoms with E-state index in [0.717, 1.165) is 15.7 Å². The molecule has 0 unspecified atom stereocenters. The lowest BCUT2D eigenvalue weighted by atomic mass is 10.1. The predicted molar refractivity (Wildman–Crippen MR) is 79.3 cm³/mol. The molecule has 0 atom stereocenters. The first-order valence-corrected chi connectivity index (χ1v) is 6.49. The summed E-state index contributed by atoms with van der Waals surface area (Å²) in [5.41, 5.74) is 1.91. The highest BCUT2D eigenvalue weighted by Crippen LogP contribution is 2.21. The van der Waals surface area contributed by atoms with Crippen LogP contribution in [-0.2, 0) is 14.1 Å². The van der Waals surface area contributed by atoms with Crippen LogP contribution in [0.15, 0.2) is 40.1 Å². The Kier molecular flexibility index (Phi) is 2.94. The standard InChI is InChI=1S/C15H14N4O2/c1-9-4-6-10(7-5-9)11-8-18(2)13-12(16-11)14(20)19(3)15(21)17-13/h4-8H,1-3H3. The summed E-state index contributed by atoms with van der Waals surface area (Å²) in [5, 5.41) is 0. The Morgan fingerprint density at radius 1 is 1.00 bits per heavy atom. The van der Waals surface area contributed by atoms with Gasteiger partial charge in [0.25, 0.3) is 5.56 Å². The number of rotatable bonds is 1. The quantitative estimate of drug-likeness (QED) is 0.666. The van der Waals surface area contributed by atoms with E-state index in [9.17, 15) is 9.59 Å². The second kappa shape index (κ2) is 4.66. The fourth-order valence-corrected chi connectivity index (χ4v) is 2.16. The Morgan fingerprint density at radius 2 is 1.67 bits per heavy atom. The van der Waals surface area contributed by atoms with Crippen LogP contribution in [0.25, 0.3) is 22.8 Å².